The number of hydrogen-bond donors (Lipinski definition) is 1. The normalized spacial score (nSPS) is 12.4. The Labute approximate surface area is 210 Å². The van der Waals surface area contributed by atoms with E-state index < -0.39 is 0 Å². The largest absolute Gasteiger partial charge is 0.245 e. The number of halogens is 1. The quantitative estimate of drug-likeness (QED) is 0.221. The SMILES string of the molecule is CC(C)(C)c1cc(C=NNc2nc(-c3ccccc3)c3cc(Br)ccc3n2)cc(C(C)(C)C)c1. The molecule has 0 fully saturated rings. The molecule has 1 aromatic heterocycles. The first kappa shape index (κ1) is 24.1. The van der Waals surface area contributed by atoms with Crippen molar-refractivity contribution in [1.82, 2.24) is 9.97 Å². The molecule has 0 spiro atoms. The maximum absolute atomic E-state index is 4.80. The van der Waals surface area contributed by atoms with Crippen molar-refractivity contribution in [2.24, 2.45) is 5.10 Å². The molecule has 4 nitrogen and oxygen atoms in total. The van der Waals surface area contributed by atoms with E-state index in [0.717, 1.165) is 32.2 Å². The molecule has 3 aromatic carbocycles. The van der Waals surface area contributed by atoms with Crippen LogP contribution >= 0.6 is 15.9 Å². The van der Waals surface area contributed by atoms with Gasteiger partial charge in [-0.05, 0) is 57.9 Å². The molecule has 0 aliphatic rings. The van der Waals surface area contributed by atoms with Gasteiger partial charge in [0.1, 0.15) is 0 Å². The molecular formula is C29H31BrN4. The molecule has 0 unspecified atom stereocenters. The van der Waals surface area contributed by atoms with Crippen LogP contribution in [0.2, 0.25) is 0 Å². The Kier molecular flexibility index (Phi) is 6.59. The van der Waals surface area contributed by atoms with Crippen molar-refractivity contribution >= 4 is 39.0 Å². The highest BCUT2D eigenvalue weighted by Crippen LogP contribution is 2.31. The number of fused-ring (bicyclic) bond motifs is 1. The van der Waals surface area contributed by atoms with Gasteiger partial charge in [-0.25, -0.2) is 15.4 Å². The Bertz CT molecular complexity index is 1310. The molecule has 34 heavy (non-hydrogen) atoms. The van der Waals surface area contributed by atoms with E-state index in [1.165, 1.54) is 11.1 Å². The minimum atomic E-state index is 0.0532. The molecule has 4 rings (SSSR count). The van der Waals surface area contributed by atoms with Gasteiger partial charge in [0.2, 0.25) is 5.95 Å². The molecule has 5 heteroatoms. The predicted octanol–water partition coefficient (Wildman–Crippen LogP) is 8.10. The zero-order chi connectivity index (χ0) is 24.5. The average Bonchev–Trinajstić information content (AvgIpc) is 2.78. The summed E-state index contributed by atoms with van der Waals surface area (Å²) in [6.07, 6.45) is 1.85. The van der Waals surface area contributed by atoms with Gasteiger partial charge in [0.15, 0.2) is 0 Å². The van der Waals surface area contributed by atoms with Gasteiger partial charge in [0.05, 0.1) is 17.4 Å². The van der Waals surface area contributed by atoms with Crippen LogP contribution in [0.1, 0.15) is 58.2 Å². The van der Waals surface area contributed by atoms with Crippen LogP contribution in [0.15, 0.2) is 76.3 Å². The lowest BCUT2D eigenvalue weighted by atomic mass is 9.80. The van der Waals surface area contributed by atoms with Crippen molar-refractivity contribution in [3.63, 3.8) is 0 Å². The van der Waals surface area contributed by atoms with Crippen LogP contribution in [0.4, 0.5) is 5.95 Å². The van der Waals surface area contributed by atoms with Crippen molar-refractivity contribution < 1.29 is 0 Å². The molecule has 0 aliphatic carbocycles. The highest BCUT2D eigenvalue weighted by Gasteiger charge is 2.20. The van der Waals surface area contributed by atoms with Crippen LogP contribution in [0.5, 0.6) is 0 Å². The van der Waals surface area contributed by atoms with Crippen molar-refractivity contribution in [1.29, 1.82) is 0 Å². The van der Waals surface area contributed by atoms with E-state index in [0.29, 0.717) is 5.95 Å². The van der Waals surface area contributed by atoms with Crippen LogP contribution in [0.25, 0.3) is 22.2 Å². The molecule has 0 saturated heterocycles. The highest BCUT2D eigenvalue weighted by molar-refractivity contribution is 9.10. The van der Waals surface area contributed by atoms with Crippen molar-refractivity contribution in [2.75, 3.05) is 5.43 Å². The smallest absolute Gasteiger partial charge is 0.244 e. The summed E-state index contributed by atoms with van der Waals surface area (Å²) in [6, 6.07) is 22.9. The van der Waals surface area contributed by atoms with Gasteiger partial charge in [-0.15, -0.1) is 0 Å². The zero-order valence-corrected chi connectivity index (χ0v) is 22.2. The van der Waals surface area contributed by atoms with Crippen molar-refractivity contribution in [3.05, 3.63) is 87.9 Å². The molecule has 0 radical (unpaired) electrons. The number of hydrazone groups is 1. The second-order valence-electron chi connectivity index (χ2n) is 10.6. The molecule has 0 saturated carbocycles. The Balaban J connectivity index is 1.70. The fourth-order valence-electron chi connectivity index (χ4n) is 3.72. The summed E-state index contributed by atoms with van der Waals surface area (Å²) in [7, 11) is 0. The molecule has 174 valence electrons. The monoisotopic (exact) mass is 514 g/mol. The first-order valence-corrected chi connectivity index (χ1v) is 12.3. The van der Waals surface area contributed by atoms with Crippen molar-refractivity contribution in [3.8, 4) is 11.3 Å². The summed E-state index contributed by atoms with van der Waals surface area (Å²) in [5.41, 5.74) is 9.57. The Hall–Kier alpha value is -3.05. The van der Waals surface area contributed by atoms with E-state index in [1.807, 2.05) is 36.5 Å². The predicted molar refractivity (Wildman–Crippen MR) is 148 cm³/mol. The number of rotatable bonds is 4. The fourth-order valence-corrected chi connectivity index (χ4v) is 4.08. The van der Waals surface area contributed by atoms with Crippen LogP contribution in [-0.2, 0) is 10.8 Å². The van der Waals surface area contributed by atoms with Gasteiger partial charge in [0.25, 0.3) is 0 Å². The Morgan fingerprint density at radius 2 is 1.44 bits per heavy atom. The number of aromatic nitrogens is 2. The molecule has 0 amide bonds. The molecule has 1 heterocycles. The second-order valence-corrected chi connectivity index (χ2v) is 11.6. The van der Waals surface area contributed by atoms with E-state index in [1.54, 1.807) is 0 Å². The van der Waals surface area contributed by atoms with Crippen LogP contribution in [0, 0.1) is 0 Å². The Morgan fingerprint density at radius 1 is 0.794 bits per heavy atom. The minimum absolute atomic E-state index is 0.0532. The third-order valence-electron chi connectivity index (χ3n) is 5.77. The summed E-state index contributed by atoms with van der Waals surface area (Å²) in [5, 5.41) is 5.50. The molecule has 1 N–H and O–H groups in total. The number of nitrogens with one attached hydrogen (secondary N) is 1. The number of nitrogens with zero attached hydrogens (tertiary/aromatic N) is 3. The Morgan fingerprint density at radius 3 is 2.06 bits per heavy atom. The van der Waals surface area contributed by atoms with Gasteiger partial charge >= 0.3 is 0 Å². The second kappa shape index (κ2) is 9.30. The van der Waals surface area contributed by atoms with E-state index >= 15 is 0 Å². The lowest BCUT2D eigenvalue weighted by Gasteiger charge is -2.25. The van der Waals surface area contributed by atoms with E-state index in [9.17, 15) is 0 Å². The number of benzene rings is 3. The van der Waals surface area contributed by atoms with Crippen molar-refractivity contribution in [2.45, 2.75) is 52.4 Å². The van der Waals surface area contributed by atoms with Gasteiger partial charge in [-0.2, -0.15) is 5.10 Å². The first-order valence-electron chi connectivity index (χ1n) is 11.5. The first-order chi connectivity index (χ1) is 16.0. The van der Waals surface area contributed by atoms with Crippen LogP contribution in [-0.4, -0.2) is 16.2 Å². The van der Waals surface area contributed by atoms with Gasteiger partial charge < -0.3 is 0 Å². The van der Waals surface area contributed by atoms with E-state index in [2.05, 4.69) is 104 Å². The van der Waals surface area contributed by atoms with Crippen LogP contribution in [0.3, 0.4) is 0 Å². The van der Waals surface area contributed by atoms with Crippen LogP contribution < -0.4 is 5.43 Å². The zero-order valence-electron chi connectivity index (χ0n) is 20.6. The van der Waals surface area contributed by atoms with Gasteiger partial charge in [0, 0.05) is 15.4 Å². The summed E-state index contributed by atoms with van der Waals surface area (Å²) < 4.78 is 0.993. The highest BCUT2D eigenvalue weighted by atomic mass is 79.9. The molecule has 0 atom stereocenters. The van der Waals surface area contributed by atoms with E-state index in [4.69, 9.17) is 9.97 Å². The molecule has 4 aromatic rings. The maximum Gasteiger partial charge on any atom is 0.244 e. The topological polar surface area (TPSA) is 50.2 Å². The standard InChI is InChI=1S/C29H31BrN4/c1-28(2,3)21-14-19(15-22(16-21)29(4,5)6)18-31-34-27-32-25-13-12-23(30)17-24(25)26(33-27)20-10-8-7-9-11-20/h7-18H,1-6H3,(H,32,33,34). The molecular weight excluding hydrogens is 484 g/mol. The molecule has 0 bridgehead atoms. The third-order valence-corrected chi connectivity index (χ3v) is 6.26. The minimum Gasteiger partial charge on any atom is -0.245 e. The molecule has 0 aliphatic heterocycles. The summed E-state index contributed by atoms with van der Waals surface area (Å²) in [4.78, 5) is 9.49. The van der Waals surface area contributed by atoms with Gasteiger partial charge in [-0.1, -0.05) is 93.9 Å². The average molecular weight is 515 g/mol. The fraction of sp³-hybridized carbons (Fsp3) is 0.276. The summed E-state index contributed by atoms with van der Waals surface area (Å²) in [5.74, 6) is 0.466. The van der Waals surface area contributed by atoms with E-state index in [-0.39, 0.29) is 10.8 Å². The summed E-state index contributed by atoms with van der Waals surface area (Å²) in [6.45, 7) is 13.4. The van der Waals surface area contributed by atoms with Gasteiger partial charge in [-0.3, -0.25) is 0 Å². The lowest BCUT2D eigenvalue weighted by molar-refractivity contribution is 0.568. The maximum atomic E-state index is 4.80. The number of hydrogen-bond acceptors (Lipinski definition) is 4. The summed E-state index contributed by atoms with van der Waals surface area (Å²) >= 11 is 3.57. The third kappa shape index (κ3) is 5.53. The number of anilines is 1. The lowest BCUT2D eigenvalue weighted by Crippen LogP contribution is -2.17.